The molecule has 0 saturated carbocycles. The maximum absolute atomic E-state index is 13.4. The summed E-state index contributed by atoms with van der Waals surface area (Å²) in [6.07, 6.45) is 1.76. The molecule has 5 nitrogen and oxygen atoms in total. The van der Waals surface area contributed by atoms with Gasteiger partial charge in [0.1, 0.15) is 6.61 Å². The molecule has 0 aliphatic rings. The first-order valence-electron chi connectivity index (χ1n) is 11.6. The van der Waals surface area contributed by atoms with Crippen LogP contribution in [0.4, 0.5) is 0 Å². The maximum atomic E-state index is 13.4. The lowest BCUT2D eigenvalue weighted by Crippen LogP contribution is -2.07. The van der Waals surface area contributed by atoms with E-state index in [0.29, 0.717) is 33.4 Å². The Kier molecular flexibility index (Phi) is 8.49. The monoisotopic (exact) mass is 514 g/mol. The van der Waals surface area contributed by atoms with Crippen molar-refractivity contribution in [1.29, 1.82) is 0 Å². The highest BCUT2D eigenvalue weighted by atomic mass is 35.5. The van der Waals surface area contributed by atoms with Crippen molar-refractivity contribution >= 4 is 29.2 Å². The van der Waals surface area contributed by atoms with Crippen LogP contribution in [0.2, 0.25) is 5.02 Å². The molecule has 188 valence electrons. The van der Waals surface area contributed by atoms with E-state index in [1.165, 1.54) is 0 Å². The molecule has 0 amide bonds. The second-order valence-electron chi connectivity index (χ2n) is 8.16. The number of rotatable bonds is 9. The van der Waals surface area contributed by atoms with Crippen LogP contribution < -0.4 is 14.2 Å². The number of halogens is 1. The van der Waals surface area contributed by atoms with Gasteiger partial charge >= 0.3 is 5.97 Å². The van der Waals surface area contributed by atoms with Gasteiger partial charge in [0.2, 0.25) is 5.75 Å². The lowest BCUT2D eigenvalue weighted by molar-refractivity contribution is -0.137. The van der Waals surface area contributed by atoms with E-state index >= 15 is 0 Å². The number of carbonyl (C=O) groups is 1. The van der Waals surface area contributed by atoms with Crippen LogP contribution in [0.25, 0.3) is 22.8 Å². The summed E-state index contributed by atoms with van der Waals surface area (Å²) in [5, 5.41) is 0.622. The molecule has 0 bridgehead atoms. The summed E-state index contributed by atoms with van der Waals surface area (Å²) < 4.78 is 22.1. The second kappa shape index (κ2) is 12.2. The summed E-state index contributed by atoms with van der Waals surface area (Å²) in [6.45, 7) is 0.116. The first-order chi connectivity index (χ1) is 18.0. The van der Waals surface area contributed by atoms with Gasteiger partial charge < -0.3 is 18.9 Å². The van der Waals surface area contributed by atoms with E-state index in [0.717, 1.165) is 22.3 Å². The molecule has 0 fully saturated rings. The Morgan fingerprint density at radius 2 is 1.35 bits per heavy atom. The minimum Gasteiger partial charge on any atom is -0.493 e. The third-order valence-electron chi connectivity index (χ3n) is 5.80. The number of hydrogen-bond acceptors (Lipinski definition) is 5. The number of methoxy groups -OCH3 is 3. The molecule has 0 aliphatic heterocycles. The molecule has 0 N–H and O–H groups in total. The van der Waals surface area contributed by atoms with Crippen LogP contribution in [0.1, 0.15) is 16.7 Å². The smallest absolute Gasteiger partial charge is 0.339 e. The Balaban J connectivity index is 1.71. The highest BCUT2D eigenvalue weighted by Crippen LogP contribution is 2.39. The zero-order valence-corrected chi connectivity index (χ0v) is 21.6. The number of benzene rings is 4. The number of ether oxygens (including phenoxy) is 4. The molecule has 0 atom stereocenters. The molecule has 4 aromatic rings. The maximum Gasteiger partial charge on any atom is 0.339 e. The van der Waals surface area contributed by atoms with Gasteiger partial charge in [0.05, 0.1) is 26.9 Å². The van der Waals surface area contributed by atoms with E-state index < -0.39 is 5.97 Å². The lowest BCUT2D eigenvalue weighted by Gasteiger charge is -2.14. The minimum atomic E-state index is -0.462. The van der Waals surface area contributed by atoms with Gasteiger partial charge in [0.15, 0.2) is 11.5 Å². The first-order valence-corrected chi connectivity index (χ1v) is 12.0. The Morgan fingerprint density at radius 1 is 0.757 bits per heavy atom. The molecular weight excluding hydrogens is 488 g/mol. The van der Waals surface area contributed by atoms with Crippen molar-refractivity contribution in [3.05, 3.63) is 113 Å². The van der Waals surface area contributed by atoms with Gasteiger partial charge in [0, 0.05) is 5.02 Å². The molecule has 37 heavy (non-hydrogen) atoms. The van der Waals surface area contributed by atoms with Crippen LogP contribution in [0, 0.1) is 0 Å². The van der Waals surface area contributed by atoms with Crippen molar-refractivity contribution in [2.45, 2.75) is 6.61 Å². The molecule has 0 unspecified atom stereocenters. The topological polar surface area (TPSA) is 54.0 Å². The fourth-order valence-corrected chi connectivity index (χ4v) is 4.02. The van der Waals surface area contributed by atoms with E-state index in [1.807, 2.05) is 66.7 Å². The van der Waals surface area contributed by atoms with E-state index in [4.69, 9.17) is 30.5 Å². The van der Waals surface area contributed by atoms with Gasteiger partial charge in [-0.1, -0.05) is 78.3 Å². The summed E-state index contributed by atoms with van der Waals surface area (Å²) in [4.78, 5) is 13.4. The zero-order chi connectivity index (χ0) is 26.2. The van der Waals surface area contributed by atoms with Crippen molar-refractivity contribution in [2.24, 2.45) is 0 Å². The van der Waals surface area contributed by atoms with Gasteiger partial charge in [-0.25, -0.2) is 4.79 Å². The zero-order valence-electron chi connectivity index (χ0n) is 20.9. The quantitative estimate of drug-likeness (QED) is 0.133. The van der Waals surface area contributed by atoms with Crippen LogP contribution >= 0.6 is 11.6 Å². The second-order valence-corrected chi connectivity index (χ2v) is 8.60. The standard InChI is InChI=1S/C31H27ClO5/c1-34-28-18-22(19-29(35-2)30(28)36-3)17-27(31(33)37-20-21-9-15-26(32)16-10-21)25-13-11-24(12-14-25)23-7-5-4-6-8-23/h4-19H,20H2,1-3H3. The van der Waals surface area contributed by atoms with Crippen molar-refractivity contribution in [3.8, 4) is 28.4 Å². The summed E-state index contributed by atoms with van der Waals surface area (Å²) in [5.41, 5.74) is 4.78. The van der Waals surface area contributed by atoms with Crippen molar-refractivity contribution in [2.75, 3.05) is 21.3 Å². The third kappa shape index (κ3) is 6.32. The van der Waals surface area contributed by atoms with Crippen LogP contribution in [-0.2, 0) is 16.1 Å². The summed E-state index contributed by atoms with van der Waals surface area (Å²) in [6, 6.07) is 28.6. The molecule has 0 aliphatic carbocycles. The van der Waals surface area contributed by atoms with E-state index in [-0.39, 0.29) is 6.61 Å². The summed E-state index contributed by atoms with van der Waals surface area (Å²) >= 11 is 5.98. The molecule has 4 rings (SSSR count). The van der Waals surface area contributed by atoms with Gasteiger partial charge in [0.25, 0.3) is 0 Å². The largest absolute Gasteiger partial charge is 0.493 e. The first kappa shape index (κ1) is 25.9. The average Bonchev–Trinajstić information content (AvgIpc) is 2.95. The molecule has 0 radical (unpaired) electrons. The molecule has 0 spiro atoms. The fourth-order valence-electron chi connectivity index (χ4n) is 3.89. The Morgan fingerprint density at radius 3 is 1.92 bits per heavy atom. The van der Waals surface area contributed by atoms with E-state index in [2.05, 4.69) is 0 Å². The molecule has 4 aromatic carbocycles. The normalized spacial score (nSPS) is 11.1. The third-order valence-corrected chi connectivity index (χ3v) is 6.06. The Bertz CT molecular complexity index is 1350. The predicted molar refractivity (Wildman–Crippen MR) is 147 cm³/mol. The van der Waals surface area contributed by atoms with Crippen molar-refractivity contribution < 1.29 is 23.7 Å². The van der Waals surface area contributed by atoms with Crippen molar-refractivity contribution in [1.82, 2.24) is 0 Å². The van der Waals surface area contributed by atoms with Crippen LogP contribution in [0.15, 0.2) is 91.0 Å². The van der Waals surface area contributed by atoms with Crippen LogP contribution in [0.3, 0.4) is 0 Å². The number of hydrogen-bond donors (Lipinski definition) is 0. The van der Waals surface area contributed by atoms with E-state index in [1.54, 1.807) is 51.7 Å². The molecular formula is C31H27ClO5. The average molecular weight is 515 g/mol. The number of carbonyl (C=O) groups excluding carboxylic acids is 1. The Hall–Kier alpha value is -4.22. The number of esters is 1. The summed E-state index contributed by atoms with van der Waals surface area (Å²) in [5.74, 6) is 0.986. The molecule has 0 aromatic heterocycles. The van der Waals surface area contributed by atoms with Crippen LogP contribution in [0.5, 0.6) is 17.2 Å². The highest BCUT2D eigenvalue weighted by Gasteiger charge is 2.17. The van der Waals surface area contributed by atoms with Crippen molar-refractivity contribution in [3.63, 3.8) is 0 Å². The van der Waals surface area contributed by atoms with E-state index in [9.17, 15) is 4.79 Å². The van der Waals surface area contributed by atoms with Gasteiger partial charge in [-0.05, 0) is 58.2 Å². The van der Waals surface area contributed by atoms with Gasteiger partial charge in [-0.15, -0.1) is 0 Å². The summed E-state index contributed by atoms with van der Waals surface area (Å²) in [7, 11) is 4.65. The molecule has 0 saturated heterocycles. The lowest BCUT2D eigenvalue weighted by atomic mass is 9.98. The fraction of sp³-hybridized carbons (Fsp3) is 0.129. The minimum absolute atomic E-state index is 0.116. The molecule has 6 heteroatoms. The Labute approximate surface area is 221 Å². The van der Waals surface area contributed by atoms with Gasteiger partial charge in [-0.2, -0.15) is 0 Å². The SMILES string of the molecule is COc1cc(C=C(C(=O)OCc2ccc(Cl)cc2)c2ccc(-c3ccccc3)cc2)cc(OC)c1OC. The van der Waals surface area contributed by atoms with Crippen LogP contribution in [-0.4, -0.2) is 27.3 Å². The van der Waals surface area contributed by atoms with Gasteiger partial charge in [-0.3, -0.25) is 0 Å². The highest BCUT2D eigenvalue weighted by molar-refractivity contribution is 6.30. The predicted octanol–water partition coefficient (Wildman–Crippen LogP) is 7.32. The molecule has 0 heterocycles.